The summed E-state index contributed by atoms with van der Waals surface area (Å²) in [7, 11) is 1.50. The van der Waals surface area contributed by atoms with E-state index in [2.05, 4.69) is 36.8 Å². The Hall–Kier alpha value is -3.24. The maximum Gasteiger partial charge on any atom is 0.331 e. The number of aromatic amines is 1. The smallest absolute Gasteiger partial charge is 0.296 e. The quantitative estimate of drug-likeness (QED) is 0.387. The molecule has 35 heavy (non-hydrogen) atoms. The van der Waals surface area contributed by atoms with E-state index in [0.717, 1.165) is 24.6 Å². The topological polar surface area (TPSA) is 98.9 Å². The average molecular weight is 604 g/mol. The normalized spacial score (nSPS) is 10.5. The van der Waals surface area contributed by atoms with Gasteiger partial charge < -0.3 is 0 Å². The fourth-order valence-electron chi connectivity index (χ4n) is 3.31. The van der Waals surface area contributed by atoms with E-state index in [1.54, 1.807) is 30.8 Å². The highest BCUT2D eigenvalue weighted by Crippen LogP contribution is 2.12. The lowest BCUT2D eigenvalue weighted by Crippen LogP contribution is -2.38. The van der Waals surface area contributed by atoms with Crippen LogP contribution in [0.2, 0.25) is 0 Å². The van der Waals surface area contributed by atoms with Gasteiger partial charge in [0.1, 0.15) is 0 Å². The molecule has 0 aliphatic rings. The van der Waals surface area contributed by atoms with E-state index in [0.29, 0.717) is 24.2 Å². The summed E-state index contributed by atoms with van der Waals surface area (Å²) in [6.45, 7) is 4.29. The Morgan fingerprint density at radius 3 is 1.69 bits per heavy atom. The van der Waals surface area contributed by atoms with E-state index >= 15 is 0 Å². The molecule has 0 saturated heterocycles. The second kappa shape index (κ2) is 11.5. The zero-order chi connectivity index (χ0) is 25.7. The number of aryl methyl sites for hydroxylation is 2. The van der Waals surface area contributed by atoms with E-state index in [1.807, 2.05) is 48.5 Å². The third-order valence-corrected chi connectivity index (χ3v) is 6.30. The fraction of sp³-hybridized carbons (Fsp3) is 0.200. The molecule has 0 atom stereocenters. The predicted molar refractivity (Wildman–Crippen MR) is 143 cm³/mol. The summed E-state index contributed by atoms with van der Waals surface area (Å²) in [5.41, 5.74) is 1.85. The van der Waals surface area contributed by atoms with Crippen LogP contribution in [0.3, 0.4) is 0 Å². The van der Waals surface area contributed by atoms with Gasteiger partial charge in [0.15, 0.2) is 0 Å². The summed E-state index contributed by atoms with van der Waals surface area (Å²) in [5, 5.41) is 0. The molecule has 4 aromatic rings. The van der Waals surface area contributed by atoms with Crippen molar-refractivity contribution in [3.8, 4) is 0 Å². The monoisotopic (exact) mass is 602 g/mol. The van der Waals surface area contributed by atoms with Gasteiger partial charge in [-0.2, -0.15) is 0 Å². The van der Waals surface area contributed by atoms with Gasteiger partial charge in [0, 0.05) is 39.5 Å². The second-order valence-corrected chi connectivity index (χ2v) is 9.87. The minimum absolute atomic E-state index is 0.243. The van der Waals surface area contributed by atoms with Gasteiger partial charge in [0.25, 0.3) is 11.1 Å². The highest BCUT2D eigenvalue weighted by Gasteiger charge is 2.06. The van der Waals surface area contributed by atoms with Crippen LogP contribution < -0.4 is 22.5 Å². The molecule has 0 radical (unpaired) electrons. The number of nitrogens with zero attached hydrogens (tertiary/aromatic N) is 3. The van der Waals surface area contributed by atoms with Crippen molar-refractivity contribution in [3.63, 3.8) is 0 Å². The summed E-state index contributed by atoms with van der Waals surface area (Å²) in [6.07, 6.45) is 3.18. The second-order valence-electron chi connectivity index (χ2n) is 8.04. The van der Waals surface area contributed by atoms with Crippen molar-refractivity contribution in [2.45, 2.75) is 26.9 Å². The zero-order valence-electron chi connectivity index (χ0n) is 19.4. The minimum Gasteiger partial charge on any atom is -0.296 e. The number of nitrogens with one attached hydrogen (secondary N) is 1. The lowest BCUT2D eigenvalue weighted by molar-refractivity contribution is 0.638. The molecular formula is C25H24Br2N4O4. The molecule has 2 aromatic heterocycles. The Morgan fingerprint density at radius 2 is 1.17 bits per heavy atom. The number of hydrogen-bond donors (Lipinski definition) is 1. The molecule has 2 aromatic carbocycles. The van der Waals surface area contributed by atoms with Crippen LogP contribution in [0.5, 0.6) is 0 Å². The number of aromatic nitrogens is 4. The highest BCUT2D eigenvalue weighted by atomic mass is 79.9. The van der Waals surface area contributed by atoms with Crippen molar-refractivity contribution in [2.24, 2.45) is 7.05 Å². The molecule has 0 aliphatic heterocycles. The maximum atomic E-state index is 11.9. The van der Waals surface area contributed by atoms with Gasteiger partial charge in [-0.15, -0.1) is 0 Å². The van der Waals surface area contributed by atoms with Gasteiger partial charge in [-0.3, -0.25) is 28.3 Å². The standard InChI is InChI=1S/C13H13BrN2O2.C12H11BrN2O2/c1-9-7-16(13(18)15(2)12(9)17)8-10-3-5-11(14)6-4-10;1-8-6-15(12(17)14-11(8)16)7-9-2-4-10(13)5-3-9/h3-7H,8H2,1-2H3;2-6H,7H2,1H3,(H,14,16,17). The molecule has 8 nitrogen and oxygen atoms in total. The Labute approximate surface area is 217 Å². The van der Waals surface area contributed by atoms with Crippen LogP contribution in [-0.2, 0) is 20.1 Å². The van der Waals surface area contributed by atoms with Crippen LogP contribution in [0.4, 0.5) is 0 Å². The third kappa shape index (κ3) is 6.89. The SMILES string of the molecule is Cc1cn(Cc2ccc(Br)cc2)c(=O)[nH]c1=O.Cc1cn(Cc2ccc(Br)cc2)c(=O)n(C)c1=O. The Morgan fingerprint density at radius 1 is 0.714 bits per heavy atom. The first-order valence-electron chi connectivity index (χ1n) is 10.6. The molecule has 0 spiro atoms. The number of halogens is 2. The molecule has 0 fully saturated rings. The summed E-state index contributed by atoms with van der Waals surface area (Å²) >= 11 is 6.71. The number of rotatable bonds is 4. The molecule has 0 saturated carbocycles. The molecule has 2 heterocycles. The van der Waals surface area contributed by atoms with Crippen molar-refractivity contribution < 1.29 is 0 Å². The Bertz CT molecular complexity index is 1560. The van der Waals surface area contributed by atoms with Gasteiger partial charge in [0.2, 0.25) is 0 Å². The van der Waals surface area contributed by atoms with Gasteiger partial charge in [-0.1, -0.05) is 56.1 Å². The van der Waals surface area contributed by atoms with Crippen LogP contribution in [0.15, 0.2) is 89.0 Å². The molecule has 0 bridgehead atoms. The summed E-state index contributed by atoms with van der Waals surface area (Å²) in [4.78, 5) is 48.6. The lowest BCUT2D eigenvalue weighted by Gasteiger charge is -2.09. The van der Waals surface area contributed by atoms with Crippen molar-refractivity contribution >= 4 is 31.9 Å². The predicted octanol–water partition coefficient (Wildman–Crippen LogP) is 3.32. The Balaban J connectivity index is 0.000000196. The van der Waals surface area contributed by atoms with E-state index in [4.69, 9.17) is 0 Å². The summed E-state index contributed by atoms with van der Waals surface area (Å²) in [6, 6.07) is 15.4. The summed E-state index contributed by atoms with van der Waals surface area (Å²) < 4.78 is 6.15. The van der Waals surface area contributed by atoms with Crippen molar-refractivity contribution in [2.75, 3.05) is 0 Å². The van der Waals surface area contributed by atoms with Gasteiger partial charge >= 0.3 is 11.4 Å². The first-order chi connectivity index (χ1) is 16.5. The van der Waals surface area contributed by atoms with E-state index in [-0.39, 0.29) is 22.5 Å². The third-order valence-electron chi connectivity index (χ3n) is 5.25. The van der Waals surface area contributed by atoms with E-state index in [9.17, 15) is 19.2 Å². The first-order valence-corrected chi connectivity index (χ1v) is 12.2. The van der Waals surface area contributed by atoms with Gasteiger partial charge in [0.05, 0.1) is 13.1 Å². The molecule has 1 N–H and O–H groups in total. The molecule has 4 rings (SSSR count). The van der Waals surface area contributed by atoms with Gasteiger partial charge in [-0.05, 0) is 49.2 Å². The number of H-pyrrole nitrogens is 1. The maximum absolute atomic E-state index is 11.9. The van der Waals surface area contributed by atoms with E-state index < -0.39 is 0 Å². The molecule has 10 heteroatoms. The van der Waals surface area contributed by atoms with Crippen LogP contribution in [0.25, 0.3) is 0 Å². The molecule has 0 amide bonds. The van der Waals surface area contributed by atoms with Crippen molar-refractivity contribution in [3.05, 3.63) is 134 Å². The Kier molecular flexibility index (Phi) is 8.63. The lowest BCUT2D eigenvalue weighted by atomic mass is 10.2. The molecule has 0 unspecified atom stereocenters. The fourth-order valence-corrected chi connectivity index (χ4v) is 3.84. The van der Waals surface area contributed by atoms with Crippen LogP contribution >= 0.6 is 31.9 Å². The first kappa shape index (κ1) is 26.4. The minimum atomic E-state index is -0.386. The van der Waals surface area contributed by atoms with Crippen LogP contribution in [0, 0.1) is 13.8 Å². The van der Waals surface area contributed by atoms with Crippen LogP contribution in [0.1, 0.15) is 22.3 Å². The van der Waals surface area contributed by atoms with Gasteiger partial charge in [-0.25, -0.2) is 9.59 Å². The number of hydrogen-bond acceptors (Lipinski definition) is 4. The number of benzene rings is 2. The van der Waals surface area contributed by atoms with Crippen molar-refractivity contribution in [1.29, 1.82) is 0 Å². The zero-order valence-corrected chi connectivity index (χ0v) is 22.6. The molecular weight excluding hydrogens is 580 g/mol. The molecule has 0 aliphatic carbocycles. The molecule has 182 valence electrons. The largest absolute Gasteiger partial charge is 0.331 e. The van der Waals surface area contributed by atoms with Crippen molar-refractivity contribution in [1.82, 2.24) is 18.7 Å². The average Bonchev–Trinajstić information content (AvgIpc) is 2.83. The van der Waals surface area contributed by atoms with E-state index in [1.165, 1.54) is 11.6 Å². The highest BCUT2D eigenvalue weighted by molar-refractivity contribution is 9.10. The van der Waals surface area contributed by atoms with Crippen LogP contribution in [-0.4, -0.2) is 18.7 Å². The summed E-state index contributed by atoms with van der Waals surface area (Å²) in [5.74, 6) is 0.